The molecule has 3 rings (SSSR count). The third kappa shape index (κ3) is 5.82. The number of carbonyl (C=O) groups excluding carboxylic acids is 2. The average Bonchev–Trinajstić information content (AvgIpc) is 3.03. The van der Waals surface area contributed by atoms with Crippen LogP contribution in [0.25, 0.3) is 0 Å². The summed E-state index contributed by atoms with van der Waals surface area (Å²) in [6, 6.07) is 10.5. The zero-order valence-corrected chi connectivity index (χ0v) is 19.4. The third-order valence-corrected chi connectivity index (χ3v) is 6.87. The van der Waals surface area contributed by atoms with Crippen LogP contribution in [0.4, 0.5) is 4.39 Å². The van der Waals surface area contributed by atoms with Gasteiger partial charge in [0.2, 0.25) is 11.8 Å². The van der Waals surface area contributed by atoms with Crippen LogP contribution in [0, 0.1) is 11.7 Å². The first-order valence-corrected chi connectivity index (χ1v) is 11.7. The predicted molar refractivity (Wildman–Crippen MR) is 120 cm³/mol. The molecule has 2 heterocycles. The van der Waals surface area contributed by atoms with E-state index in [0.717, 1.165) is 11.3 Å². The molecule has 1 aliphatic rings. The van der Waals surface area contributed by atoms with Gasteiger partial charge in [0.15, 0.2) is 0 Å². The molecule has 30 heavy (non-hydrogen) atoms. The molecule has 1 saturated heterocycles. The van der Waals surface area contributed by atoms with Gasteiger partial charge in [-0.3, -0.25) is 14.6 Å². The van der Waals surface area contributed by atoms with Crippen LogP contribution in [0.15, 0.2) is 47.1 Å². The first kappa shape index (κ1) is 22.7. The van der Waals surface area contributed by atoms with E-state index in [9.17, 15) is 14.0 Å². The van der Waals surface area contributed by atoms with Crippen molar-refractivity contribution in [3.8, 4) is 0 Å². The Kier molecular flexibility index (Phi) is 7.88. The van der Waals surface area contributed by atoms with Crippen molar-refractivity contribution in [2.24, 2.45) is 5.92 Å². The van der Waals surface area contributed by atoms with Gasteiger partial charge in [-0.1, -0.05) is 26.0 Å². The molecule has 5 nitrogen and oxygen atoms in total. The number of carbonyl (C=O) groups is 2. The van der Waals surface area contributed by atoms with Gasteiger partial charge in [0.05, 0.1) is 9.72 Å². The molecule has 2 atom stereocenters. The first-order valence-electron chi connectivity index (χ1n) is 9.92. The van der Waals surface area contributed by atoms with Gasteiger partial charge in [0.1, 0.15) is 11.2 Å². The van der Waals surface area contributed by atoms with E-state index in [1.54, 1.807) is 23.2 Å². The number of nitrogens with one attached hydrogen (secondary N) is 1. The highest BCUT2D eigenvalue weighted by Crippen LogP contribution is 2.44. The van der Waals surface area contributed by atoms with E-state index in [4.69, 9.17) is 0 Å². The van der Waals surface area contributed by atoms with Crippen molar-refractivity contribution in [1.29, 1.82) is 0 Å². The fourth-order valence-corrected chi connectivity index (χ4v) is 5.08. The van der Waals surface area contributed by atoms with Crippen LogP contribution in [0.1, 0.15) is 36.9 Å². The lowest BCUT2D eigenvalue weighted by Gasteiger charge is -2.24. The normalized spacial score (nSPS) is 18.8. The molecule has 0 saturated carbocycles. The molecule has 8 heteroatoms. The number of rotatable bonds is 8. The van der Waals surface area contributed by atoms with Gasteiger partial charge >= 0.3 is 0 Å². The molecule has 1 aliphatic heterocycles. The SMILES string of the molecule is CC(C)CNC(=O)CC1SC(c2ccc(F)c(Br)c2)N(CCc2ccccn2)C1=O. The van der Waals surface area contributed by atoms with Crippen molar-refractivity contribution < 1.29 is 14.0 Å². The summed E-state index contributed by atoms with van der Waals surface area (Å²) in [4.78, 5) is 31.6. The topological polar surface area (TPSA) is 62.3 Å². The highest BCUT2D eigenvalue weighted by atomic mass is 79.9. The maximum atomic E-state index is 13.7. The average molecular weight is 494 g/mol. The van der Waals surface area contributed by atoms with Crippen LogP contribution in [0.5, 0.6) is 0 Å². The molecule has 2 aromatic rings. The van der Waals surface area contributed by atoms with Crippen LogP contribution >= 0.6 is 27.7 Å². The van der Waals surface area contributed by atoms with Crippen molar-refractivity contribution in [2.45, 2.75) is 37.3 Å². The van der Waals surface area contributed by atoms with Crippen molar-refractivity contribution in [2.75, 3.05) is 13.1 Å². The van der Waals surface area contributed by atoms with Crippen LogP contribution in [0.2, 0.25) is 0 Å². The highest BCUT2D eigenvalue weighted by Gasteiger charge is 2.41. The molecule has 1 fully saturated rings. The van der Waals surface area contributed by atoms with Crippen molar-refractivity contribution in [1.82, 2.24) is 15.2 Å². The van der Waals surface area contributed by atoms with Crippen LogP contribution in [-0.2, 0) is 16.0 Å². The largest absolute Gasteiger partial charge is 0.356 e. The number of benzene rings is 1. The minimum atomic E-state index is -0.463. The molecular weight excluding hydrogens is 469 g/mol. The van der Waals surface area contributed by atoms with Crippen LogP contribution < -0.4 is 5.32 Å². The van der Waals surface area contributed by atoms with E-state index in [1.165, 1.54) is 17.8 Å². The molecule has 2 unspecified atom stereocenters. The lowest BCUT2D eigenvalue weighted by molar-refractivity contribution is -0.132. The smallest absolute Gasteiger partial charge is 0.237 e. The Labute approximate surface area is 189 Å². The second kappa shape index (κ2) is 10.4. The summed E-state index contributed by atoms with van der Waals surface area (Å²) >= 11 is 4.68. The molecular formula is C22H25BrFN3O2S. The summed E-state index contributed by atoms with van der Waals surface area (Å²) in [5.41, 5.74) is 1.72. The quantitative estimate of drug-likeness (QED) is 0.594. The number of hydrogen-bond donors (Lipinski definition) is 1. The standard InChI is InChI=1S/C22H25BrFN3O2S/c1-14(2)13-26-20(28)12-19-21(29)27(10-8-16-5-3-4-9-25-16)22(30-19)15-6-7-18(24)17(23)11-15/h3-7,9,11,14,19,22H,8,10,12-13H2,1-2H3,(H,26,28). The molecule has 1 aromatic carbocycles. The first-order chi connectivity index (χ1) is 14.3. The van der Waals surface area contributed by atoms with Gasteiger partial charge in [-0.25, -0.2) is 4.39 Å². The van der Waals surface area contributed by atoms with Gasteiger partial charge in [-0.05, 0) is 51.7 Å². The number of pyridine rings is 1. The van der Waals surface area contributed by atoms with E-state index >= 15 is 0 Å². The zero-order valence-electron chi connectivity index (χ0n) is 17.0. The number of nitrogens with zero attached hydrogens (tertiary/aromatic N) is 2. The Morgan fingerprint density at radius 1 is 1.33 bits per heavy atom. The second-order valence-corrected chi connectivity index (χ2v) is 9.80. The van der Waals surface area contributed by atoms with E-state index < -0.39 is 5.25 Å². The minimum Gasteiger partial charge on any atom is -0.356 e. The lowest BCUT2D eigenvalue weighted by atomic mass is 10.1. The maximum absolute atomic E-state index is 13.7. The Hall–Kier alpha value is -1.93. The van der Waals surface area contributed by atoms with Gasteiger partial charge in [0, 0.05) is 37.8 Å². The third-order valence-electron chi connectivity index (χ3n) is 4.78. The Morgan fingerprint density at radius 2 is 2.13 bits per heavy atom. The molecule has 0 aliphatic carbocycles. The highest BCUT2D eigenvalue weighted by molar-refractivity contribution is 9.10. The van der Waals surface area contributed by atoms with Crippen molar-refractivity contribution >= 4 is 39.5 Å². The van der Waals surface area contributed by atoms with E-state index in [1.807, 2.05) is 32.0 Å². The molecule has 0 radical (unpaired) electrons. The van der Waals surface area contributed by atoms with Crippen LogP contribution in [0.3, 0.4) is 0 Å². The fraction of sp³-hybridized carbons (Fsp3) is 0.409. The molecule has 0 spiro atoms. The summed E-state index contributed by atoms with van der Waals surface area (Å²) in [6.45, 7) is 5.11. The van der Waals surface area contributed by atoms with Gasteiger partial charge < -0.3 is 10.2 Å². The van der Waals surface area contributed by atoms with Gasteiger partial charge in [0.25, 0.3) is 0 Å². The number of amides is 2. The summed E-state index contributed by atoms with van der Waals surface area (Å²) in [6.07, 6.45) is 2.47. The number of hydrogen-bond acceptors (Lipinski definition) is 4. The molecule has 160 valence electrons. The fourth-order valence-electron chi connectivity index (χ4n) is 3.21. The summed E-state index contributed by atoms with van der Waals surface area (Å²) in [7, 11) is 0. The van der Waals surface area contributed by atoms with Crippen molar-refractivity contribution in [3.05, 3.63) is 64.1 Å². The predicted octanol–water partition coefficient (Wildman–Crippen LogP) is 4.33. The lowest BCUT2D eigenvalue weighted by Crippen LogP contribution is -2.36. The van der Waals surface area contributed by atoms with E-state index in [0.29, 0.717) is 29.9 Å². The van der Waals surface area contributed by atoms with E-state index in [2.05, 4.69) is 26.2 Å². The number of aromatic nitrogens is 1. The maximum Gasteiger partial charge on any atom is 0.237 e. The Balaban J connectivity index is 1.77. The minimum absolute atomic E-state index is 0.0684. The van der Waals surface area contributed by atoms with Gasteiger partial charge in [-0.15, -0.1) is 11.8 Å². The zero-order chi connectivity index (χ0) is 21.7. The van der Waals surface area contributed by atoms with Crippen molar-refractivity contribution in [3.63, 3.8) is 0 Å². The molecule has 1 aromatic heterocycles. The Bertz CT molecular complexity index is 897. The van der Waals surface area contributed by atoms with E-state index in [-0.39, 0.29) is 29.4 Å². The second-order valence-electron chi connectivity index (χ2n) is 7.66. The summed E-state index contributed by atoms with van der Waals surface area (Å²) in [5, 5.41) is 2.14. The summed E-state index contributed by atoms with van der Waals surface area (Å²) in [5.74, 6) is -0.195. The van der Waals surface area contributed by atoms with Gasteiger partial charge in [-0.2, -0.15) is 0 Å². The van der Waals surface area contributed by atoms with Crippen LogP contribution in [-0.4, -0.2) is 40.0 Å². The molecule has 1 N–H and O–H groups in total. The number of halogens is 2. The summed E-state index contributed by atoms with van der Waals surface area (Å²) < 4.78 is 14.1. The number of thioether (sulfide) groups is 1. The molecule has 2 amide bonds. The Morgan fingerprint density at radius 3 is 2.80 bits per heavy atom. The monoisotopic (exact) mass is 493 g/mol. The molecule has 0 bridgehead atoms.